The minimum atomic E-state index is -0.724. The van der Waals surface area contributed by atoms with Gasteiger partial charge in [-0.15, -0.1) is 0 Å². The lowest BCUT2D eigenvalue weighted by Gasteiger charge is -2.17. The van der Waals surface area contributed by atoms with Gasteiger partial charge in [0.25, 0.3) is 0 Å². The van der Waals surface area contributed by atoms with Crippen LogP contribution in [-0.2, 0) is 11.3 Å². The summed E-state index contributed by atoms with van der Waals surface area (Å²) in [5, 5.41) is 2.20. The minimum Gasteiger partial charge on any atom is -0.444 e. The first-order chi connectivity index (χ1) is 6.16. The van der Waals surface area contributed by atoms with E-state index in [1.54, 1.807) is 0 Å². The third kappa shape index (κ3) is 1.32. The summed E-state index contributed by atoms with van der Waals surface area (Å²) in [4.78, 5) is 10.7. The molecule has 1 amide bonds. The molecule has 0 aromatic heterocycles. The van der Waals surface area contributed by atoms with Gasteiger partial charge in [0, 0.05) is 11.6 Å². The Labute approximate surface area is 72.3 Å². The van der Waals surface area contributed by atoms with Gasteiger partial charge in [0.15, 0.2) is 0 Å². The Morgan fingerprint density at radius 3 is 2.92 bits per heavy atom. The first-order valence-corrected chi connectivity index (χ1v) is 3.58. The van der Waals surface area contributed by atoms with Crippen molar-refractivity contribution in [3.63, 3.8) is 0 Å². The van der Waals surface area contributed by atoms with Crippen molar-refractivity contribution in [3.05, 3.63) is 29.3 Å². The lowest BCUT2D eigenvalue weighted by molar-refractivity contribution is 0.149. The molecule has 1 heterocycles. The molecular formula is C8H5F2NO2. The van der Waals surface area contributed by atoms with Gasteiger partial charge in [0.2, 0.25) is 0 Å². The van der Waals surface area contributed by atoms with Crippen LogP contribution in [0.5, 0.6) is 0 Å². The molecule has 2 rings (SSSR count). The summed E-state index contributed by atoms with van der Waals surface area (Å²) in [7, 11) is 0. The molecule has 5 heteroatoms. The molecule has 0 atom stereocenters. The van der Waals surface area contributed by atoms with E-state index in [9.17, 15) is 13.6 Å². The number of amides is 1. The van der Waals surface area contributed by atoms with Crippen molar-refractivity contribution in [1.82, 2.24) is 0 Å². The van der Waals surface area contributed by atoms with Crippen LogP contribution in [0.4, 0.5) is 19.3 Å². The van der Waals surface area contributed by atoms with Gasteiger partial charge < -0.3 is 4.74 Å². The average molecular weight is 185 g/mol. The highest BCUT2D eigenvalue weighted by molar-refractivity contribution is 5.87. The standard InChI is InChI=1S/C8H5F2NO2/c9-4-1-6(10)5-3-13-8(12)11-7(5)2-4/h1-2H,3H2,(H,11,12). The van der Waals surface area contributed by atoms with Crippen LogP contribution in [0.25, 0.3) is 0 Å². The third-order valence-corrected chi connectivity index (χ3v) is 1.74. The average Bonchev–Trinajstić information content (AvgIpc) is 2.02. The highest BCUT2D eigenvalue weighted by Crippen LogP contribution is 2.25. The molecule has 1 aromatic carbocycles. The largest absolute Gasteiger partial charge is 0.444 e. The van der Waals surface area contributed by atoms with Crippen LogP contribution in [0.1, 0.15) is 5.56 Å². The van der Waals surface area contributed by atoms with Gasteiger partial charge in [-0.25, -0.2) is 13.6 Å². The number of cyclic esters (lactones) is 1. The molecule has 0 spiro atoms. The quantitative estimate of drug-likeness (QED) is 0.671. The van der Waals surface area contributed by atoms with Gasteiger partial charge in [-0.1, -0.05) is 0 Å². The number of benzene rings is 1. The topological polar surface area (TPSA) is 38.3 Å². The van der Waals surface area contributed by atoms with E-state index in [2.05, 4.69) is 10.1 Å². The van der Waals surface area contributed by atoms with E-state index in [-0.39, 0.29) is 17.9 Å². The fourth-order valence-electron chi connectivity index (χ4n) is 1.15. The number of hydrogen-bond acceptors (Lipinski definition) is 2. The Kier molecular flexibility index (Phi) is 1.65. The third-order valence-electron chi connectivity index (χ3n) is 1.74. The second kappa shape index (κ2) is 2.69. The van der Waals surface area contributed by atoms with E-state index >= 15 is 0 Å². The Morgan fingerprint density at radius 2 is 2.15 bits per heavy atom. The van der Waals surface area contributed by atoms with Gasteiger partial charge in [0.05, 0.1) is 5.69 Å². The fraction of sp³-hybridized carbons (Fsp3) is 0.125. The van der Waals surface area contributed by atoms with Gasteiger partial charge in [-0.3, -0.25) is 5.32 Å². The van der Waals surface area contributed by atoms with Crippen molar-refractivity contribution < 1.29 is 18.3 Å². The molecule has 0 bridgehead atoms. The van der Waals surface area contributed by atoms with Gasteiger partial charge in [-0.2, -0.15) is 0 Å². The van der Waals surface area contributed by atoms with Crippen LogP contribution in [0.15, 0.2) is 12.1 Å². The summed E-state index contributed by atoms with van der Waals surface area (Å²) < 4.78 is 30.2. The van der Waals surface area contributed by atoms with Gasteiger partial charge in [-0.05, 0) is 6.07 Å². The van der Waals surface area contributed by atoms with E-state index in [1.807, 2.05) is 0 Å². The van der Waals surface area contributed by atoms with Crippen molar-refractivity contribution in [2.24, 2.45) is 0 Å². The highest BCUT2D eigenvalue weighted by atomic mass is 19.1. The Balaban J connectivity index is 2.53. The predicted molar refractivity (Wildman–Crippen MR) is 40.2 cm³/mol. The number of hydrogen-bond donors (Lipinski definition) is 1. The second-order valence-electron chi connectivity index (χ2n) is 2.61. The number of carbonyl (C=O) groups excluding carboxylic acids is 1. The van der Waals surface area contributed by atoms with E-state index in [0.29, 0.717) is 0 Å². The minimum absolute atomic E-state index is 0.133. The maximum absolute atomic E-state index is 13.0. The zero-order chi connectivity index (χ0) is 9.42. The molecule has 1 aliphatic rings. The maximum Gasteiger partial charge on any atom is 0.411 e. The number of nitrogens with one attached hydrogen (secondary N) is 1. The summed E-state index contributed by atoms with van der Waals surface area (Å²) in [6.45, 7) is -0.159. The molecule has 0 saturated carbocycles. The smallest absolute Gasteiger partial charge is 0.411 e. The molecule has 0 unspecified atom stereocenters. The lowest BCUT2D eigenvalue weighted by Crippen LogP contribution is -2.21. The normalized spacial score (nSPS) is 14.5. The number of halogens is 2. The predicted octanol–water partition coefficient (Wildman–Crippen LogP) is 2.03. The molecule has 1 aliphatic heterocycles. The van der Waals surface area contributed by atoms with Gasteiger partial charge in [0.1, 0.15) is 18.2 Å². The van der Waals surface area contributed by atoms with Crippen LogP contribution in [-0.4, -0.2) is 6.09 Å². The SMILES string of the molecule is O=C1Nc2cc(F)cc(F)c2CO1. The van der Waals surface area contributed by atoms with E-state index < -0.39 is 17.7 Å². The molecule has 13 heavy (non-hydrogen) atoms. The zero-order valence-electron chi connectivity index (χ0n) is 6.43. The van der Waals surface area contributed by atoms with Crippen molar-refractivity contribution in [2.75, 3.05) is 5.32 Å². The molecule has 1 aromatic rings. The van der Waals surface area contributed by atoms with Crippen LogP contribution in [0.2, 0.25) is 0 Å². The summed E-state index contributed by atoms with van der Waals surface area (Å²) in [5.74, 6) is -1.44. The van der Waals surface area contributed by atoms with Crippen molar-refractivity contribution in [2.45, 2.75) is 6.61 Å². The van der Waals surface area contributed by atoms with Crippen LogP contribution < -0.4 is 5.32 Å². The molecule has 0 radical (unpaired) electrons. The maximum atomic E-state index is 13.0. The van der Waals surface area contributed by atoms with E-state index in [1.165, 1.54) is 0 Å². The van der Waals surface area contributed by atoms with Crippen molar-refractivity contribution >= 4 is 11.8 Å². The Morgan fingerprint density at radius 1 is 1.38 bits per heavy atom. The molecule has 1 N–H and O–H groups in total. The molecule has 3 nitrogen and oxygen atoms in total. The monoisotopic (exact) mass is 185 g/mol. The Bertz CT molecular complexity index is 379. The zero-order valence-corrected chi connectivity index (χ0v) is 6.43. The summed E-state index contributed by atoms with van der Waals surface area (Å²) >= 11 is 0. The first kappa shape index (κ1) is 7.97. The first-order valence-electron chi connectivity index (χ1n) is 3.58. The van der Waals surface area contributed by atoms with Crippen LogP contribution in [0, 0.1) is 11.6 Å². The Hall–Kier alpha value is -1.65. The van der Waals surface area contributed by atoms with Crippen LogP contribution >= 0.6 is 0 Å². The number of ether oxygens (including phenoxy) is 1. The van der Waals surface area contributed by atoms with E-state index in [0.717, 1.165) is 12.1 Å². The molecular weight excluding hydrogens is 180 g/mol. The molecule has 0 fully saturated rings. The summed E-state index contributed by atoms with van der Waals surface area (Å²) in [5.41, 5.74) is 0.301. The summed E-state index contributed by atoms with van der Waals surface area (Å²) in [6.07, 6.45) is -0.697. The molecule has 0 aliphatic carbocycles. The van der Waals surface area contributed by atoms with Crippen molar-refractivity contribution in [1.29, 1.82) is 0 Å². The number of fused-ring (bicyclic) bond motifs is 1. The fourth-order valence-corrected chi connectivity index (χ4v) is 1.15. The number of anilines is 1. The molecule has 68 valence electrons. The number of carbonyl (C=O) groups is 1. The number of rotatable bonds is 0. The van der Waals surface area contributed by atoms with E-state index in [4.69, 9.17) is 0 Å². The van der Waals surface area contributed by atoms with Crippen molar-refractivity contribution in [3.8, 4) is 0 Å². The van der Waals surface area contributed by atoms with Gasteiger partial charge >= 0.3 is 6.09 Å². The highest BCUT2D eigenvalue weighted by Gasteiger charge is 2.19. The van der Waals surface area contributed by atoms with Crippen LogP contribution in [0.3, 0.4) is 0 Å². The summed E-state index contributed by atoms with van der Waals surface area (Å²) in [6, 6.07) is 1.80. The second-order valence-corrected chi connectivity index (χ2v) is 2.61. The molecule has 0 saturated heterocycles. The lowest BCUT2D eigenvalue weighted by atomic mass is 10.1.